The lowest BCUT2D eigenvalue weighted by Gasteiger charge is -2.40. The minimum absolute atomic E-state index is 0.0789. The highest BCUT2D eigenvalue weighted by Crippen LogP contribution is 2.35. The molecule has 3 aromatic rings. The number of fused-ring (bicyclic) bond motifs is 1. The third-order valence-corrected chi connectivity index (χ3v) is 7.22. The standard InChI is InChI=1S/C28H29ClO7/c29-22-10-7-17(28-27(33)26(32)25(31)23(13-30)36-28)12-19(22)11-16-5-8-20(9-6-16)34-15-24-21-4-2-1-3-18(21)14-35-24/h1-10,12,23-28,30-33H,11,13-15H2/t23-,24+,25-,26+,27-,28+/m1/s1. The van der Waals surface area contributed by atoms with Crippen molar-refractivity contribution in [3.63, 3.8) is 0 Å². The van der Waals surface area contributed by atoms with Gasteiger partial charge in [-0.2, -0.15) is 0 Å². The number of hydrogen-bond acceptors (Lipinski definition) is 7. The smallest absolute Gasteiger partial charge is 0.119 e. The van der Waals surface area contributed by atoms with Crippen LogP contribution in [0.1, 0.15) is 40.0 Å². The summed E-state index contributed by atoms with van der Waals surface area (Å²) in [6.07, 6.45) is -5.60. The fourth-order valence-corrected chi connectivity index (χ4v) is 4.96. The molecule has 2 heterocycles. The van der Waals surface area contributed by atoms with Gasteiger partial charge in [0.1, 0.15) is 49.0 Å². The zero-order valence-electron chi connectivity index (χ0n) is 19.5. The Morgan fingerprint density at radius 2 is 1.69 bits per heavy atom. The summed E-state index contributed by atoms with van der Waals surface area (Å²) in [6.45, 7) is 0.561. The van der Waals surface area contributed by atoms with Crippen molar-refractivity contribution in [1.82, 2.24) is 0 Å². The largest absolute Gasteiger partial charge is 0.491 e. The molecule has 0 unspecified atom stereocenters. The second-order valence-corrected chi connectivity index (χ2v) is 9.64. The van der Waals surface area contributed by atoms with Crippen LogP contribution in [0.2, 0.25) is 5.02 Å². The normalized spacial score (nSPS) is 27.6. The van der Waals surface area contributed by atoms with E-state index in [0.717, 1.165) is 16.9 Å². The van der Waals surface area contributed by atoms with Gasteiger partial charge in [0.2, 0.25) is 0 Å². The molecule has 0 radical (unpaired) electrons. The van der Waals surface area contributed by atoms with E-state index < -0.39 is 37.1 Å². The summed E-state index contributed by atoms with van der Waals surface area (Å²) in [5.74, 6) is 0.743. The number of aliphatic hydroxyl groups excluding tert-OH is 4. The molecule has 2 aliphatic rings. The maximum atomic E-state index is 10.5. The number of ether oxygens (including phenoxy) is 3. The summed E-state index contributed by atoms with van der Waals surface area (Å²) in [7, 11) is 0. The van der Waals surface area contributed by atoms with Crippen LogP contribution in [0.5, 0.6) is 5.75 Å². The molecule has 0 saturated carbocycles. The van der Waals surface area contributed by atoms with Gasteiger partial charge < -0.3 is 34.6 Å². The number of halogens is 1. The van der Waals surface area contributed by atoms with Crippen molar-refractivity contribution in [2.75, 3.05) is 13.2 Å². The summed E-state index contributed by atoms with van der Waals surface area (Å²) in [4.78, 5) is 0. The first kappa shape index (κ1) is 25.2. The van der Waals surface area contributed by atoms with E-state index in [4.69, 9.17) is 25.8 Å². The van der Waals surface area contributed by atoms with Crippen LogP contribution in [-0.4, -0.2) is 58.1 Å². The predicted octanol–water partition coefficient (Wildman–Crippen LogP) is 3.10. The van der Waals surface area contributed by atoms with Gasteiger partial charge in [-0.15, -0.1) is 0 Å². The van der Waals surface area contributed by atoms with Gasteiger partial charge in [-0.1, -0.05) is 60.1 Å². The third-order valence-electron chi connectivity index (χ3n) is 6.85. The molecule has 2 aliphatic heterocycles. The van der Waals surface area contributed by atoms with Crippen LogP contribution in [0.4, 0.5) is 0 Å². The van der Waals surface area contributed by atoms with Crippen LogP contribution < -0.4 is 4.74 Å². The maximum absolute atomic E-state index is 10.5. The van der Waals surface area contributed by atoms with E-state index in [9.17, 15) is 20.4 Å². The minimum atomic E-state index is -1.43. The highest BCUT2D eigenvalue weighted by Gasteiger charge is 2.44. The quantitative estimate of drug-likeness (QED) is 0.385. The first-order valence-corrected chi connectivity index (χ1v) is 12.3. The second kappa shape index (κ2) is 10.9. The highest BCUT2D eigenvalue weighted by atomic mass is 35.5. The molecule has 6 atom stereocenters. The average Bonchev–Trinajstić information content (AvgIpc) is 3.32. The van der Waals surface area contributed by atoms with Gasteiger partial charge in [-0.25, -0.2) is 0 Å². The highest BCUT2D eigenvalue weighted by molar-refractivity contribution is 6.31. The number of benzene rings is 3. The van der Waals surface area contributed by atoms with Crippen molar-refractivity contribution < 1.29 is 34.6 Å². The summed E-state index contributed by atoms with van der Waals surface area (Å²) in [6, 6.07) is 21.1. The van der Waals surface area contributed by atoms with Gasteiger partial charge in [0.15, 0.2) is 0 Å². The van der Waals surface area contributed by atoms with Crippen LogP contribution >= 0.6 is 11.6 Å². The minimum Gasteiger partial charge on any atom is -0.491 e. The van der Waals surface area contributed by atoms with E-state index in [0.29, 0.717) is 30.2 Å². The Balaban J connectivity index is 1.25. The topological polar surface area (TPSA) is 109 Å². The molecule has 0 aromatic heterocycles. The van der Waals surface area contributed by atoms with E-state index in [1.807, 2.05) is 42.5 Å². The van der Waals surface area contributed by atoms with Crippen molar-refractivity contribution in [1.29, 1.82) is 0 Å². The molecule has 36 heavy (non-hydrogen) atoms. The molecule has 190 valence electrons. The summed E-state index contributed by atoms with van der Waals surface area (Å²) < 4.78 is 17.5. The van der Waals surface area contributed by atoms with Gasteiger partial charge in [0.05, 0.1) is 13.2 Å². The first-order valence-electron chi connectivity index (χ1n) is 11.9. The van der Waals surface area contributed by atoms with E-state index in [-0.39, 0.29) is 6.10 Å². The van der Waals surface area contributed by atoms with Crippen LogP contribution in [0.15, 0.2) is 66.7 Å². The predicted molar refractivity (Wildman–Crippen MR) is 133 cm³/mol. The van der Waals surface area contributed by atoms with Crippen LogP contribution in [0, 0.1) is 0 Å². The van der Waals surface area contributed by atoms with Crippen molar-refractivity contribution in [3.8, 4) is 5.75 Å². The first-order chi connectivity index (χ1) is 17.4. The van der Waals surface area contributed by atoms with E-state index >= 15 is 0 Å². The van der Waals surface area contributed by atoms with Gasteiger partial charge in [0, 0.05) is 5.02 Å². The van der Waals surface area contributed by atoms with Crippen molar-refractivity contribution in [3.05, 3.63) is 99.6 Å². The molecule has 5 rings (SSSR count). The Hall–Kier alpha value is -2.49. The Morgan fingerprint density at radius 1 is 0.917 bits per heavy atom. The molecule has 1 saturated heterocycles. The monoisotopic (exact) mass is 512 g/mol. The molecule has 0 amide bonds. The SMILES string of the molecule is OC[C@H]1O[C@@H](c2ccc(Cl)c(Cc3ccc(OC[C@@H]4OCc5ccccc54)cc3)c2)[C@H](O)[C@@H](O)[C@@H]1O. The summed E-state index contributed by atoms with van der Waals surface area (Å²) in [5.41, 5.74) is 4.80. The zero-order chi connectivity index (χ0) is 25.2. The summed E-state index contributed by atoms with van der Waals surface area (Å²) >= 11 is 6.45. The van der Waals surface area contributed by atoms with Gasteiger partial charge in [0.25, 0.3) is 0 Å². The number of hydrogen-bond donors (Lipinski definition) is 4. The average molecular weight is 513 g/mol. The Morgan fingerprint density at radius 3 is 2.47 bits per heavy atom. The van der Waals surface area contributed by atoms with E-state index in [1.54, 1.807) is 12.1 Å². The van der Waals surface area contributed by atoms with Crippen LogP contribution in [-0.2, 0) is 22.5 Å². The molecular formula is C28H29ClO7. The fourth-order valence-electron chi connectivity index (χ4n) is 4.78. The van der Waals surface area contributed by atoms with Gasteiger partial charge in [-0.05, 0) is 52.4 Å². The lowest BCUT2D eigenvalue weighted by molar-refractivity contribution is -0.231. The maximum Gasteiger partial charge on any atom is 0.119 e. The Bertz CT molecular complexity index is 1180. The van der Waals surface area contributed by atoms with Crippen molar-refractivity contribution in [2.45, 2.75) is 49.7 Å². The Kier molecular flexibility index (Phi) is 7.60. The molecule has 0 aliphatic carbocycles. The van der Waals surface area contributed by atoms with Crippen molar-refractivity contribution in [2.24, 2.45) is 0 Å². The van der Waals surface area contributed by atoms with E-state index in [1.165, 1.54) is 11.1 Å². The zero-order valence-corrected chi connectivity index (χ0v) is 20.3. The van der Waals surface area contributed by atoms with Gasteiger partial charge in [-0.3, -0.25) is 0 Å². The molecule has 4 N–H and O–H groups in total. The van der Waals surface area contributed by atoms with Gasteiger partial charge >= 0.3 is 0 Å². The lowest BCUT2D eigenvalue weighted by Crippen LogP contribution is -2.55. The van der Waals surface area contributed by atoms with Crippen LogP contribution in [0.3, 0.4) is 0 Å². The van der Waals surface area contributed by atoms with Crippen molar-refractivity contribution >= 4 is 11.6 Å². The van der Waals surface area contributed by atoms with E-state index in [2.05, 4.69) is 12.1 Å². The van der Waals surface area contributed by atoms with Crippen LogP contribution in [0.25, 0.3) is 0 Å². The third kappa shape index (κ3) is 5.14. The molecule has 0 spiro atoms. The molecular weight excluding hydrogens is 484 g/mol. The fraction of sp³-hybridized carbons (Fsp3) is 0.357. The molecule has 8 heteroatoms. The molecule has 1 fully saturated rings. The molecule has 0 bridgehead atoms. The Labute approximate surface area is 214 Å². The summed E-state index contributed by atoms with van der Waals surface area (Å²) in [5, 5.41) is 40.7. The number of aliphatic hydroxyl groups is 4. The second-order valence-electron chi connectivity index (χ2n) is 9.23. The lowest BCUT2D eigenvalue weighted by atomic mass is 9.90. The molecule has 7 nitrogen and oxygen atoms in total. The number of rotatable bonds is 7. The molecule has 3 aromatic carbocycles.